The zero-order valence-electron chi connectivity index (χ0n) is 29.3. The Labute approximate surface area is 318 Å². The average Bonchev–Trinajstić information content (AvgIpc) is 4.02. The zero-order valence-corrected chi connectivity index (χ0v) is 30.1. The van der Waals surface area contributed by atoms with Crippen LogP contribution in [0.1, 0.15) is 0 Å². The molecule has 5 nitrogen and oxygen atoms in total. The Balaban J connectivity index is 1.15. The Hall–Kier alpha value is -7.15. The summed E-state index contributed by atoms with van der Waals surface area (Å²) in [5, 5.41) is 6.86. The number of furan rings is 1. The molecule has 4 aromatic heterocycles. The van der Waals surface area contributed by atoms with Gasteiger partial charge >= 0.3 is 0 Å². The van der Waals surface area contributed by atoms with Crippen molar-refractivity contribution in [3.8, 4) is 17.1 Å². The lowest BCUT2D eigenvalue weighted by Gasteiger charge is -2.27. The van der Waals surface area contributed by atoms with Crippen molar-refractivity contribution in [3.63, 3.8) is 0 Å². The molecular weight excluding hydrogens is 695 g/mol. The van der Waals surface area contributed by atoms with Crippen LogP contribution < -0.4 is 4.90 Å². The molecule has 0 bridgehead atoms. The third kappa shape index (κ3) is 4.49. The predicted octanol–water partition coefficient (Wildman–Crippen LogP) is 14.3. The molecule has 0 spiro atoms. The second kappa shape index (κ2) is 11.7. The lowest BCUT2D eigenvalue weighted by atomic mass is 10.1. The molecular formula is C49H29N3O2S. The fourth-order valence-electron chi connectivity index (χ4n) is 8.43. The molecule has 8 aromatic carbocycles. The summed E-state index contributed by atoms with van der Waals surface area (Å²) >= 11 is 1.84. The first-order valence-electron chi connectivity index (χ1n) is 18.4. The number of hydrogen-bond donors (Lipinski definition) is 0. The van der Waals surface area contributed by atoms with Gasteiger partial charge in [-0.25, -0.2) is 4.98 Å². The Morgan fingerprint density at radius 2 is 1.22 bits per heavy atom. The molecule has 0 saturated heterocycles. The monoisotopic (exact) mass is 723 g/mol. The lowest BCUT2D eigenvalue weighted by Crippen LogP contribution is -2.11. The summed E-state index contributed by atoms with van der Waals surface area (Å²) in [4.78, 5) is 7.42. The van der Waals surface area contributed by atoms with E-state index in [9.17, 15) is 0 Å². The van der Waals surface area contributed by atoms with Gasteiger partial charge in [0.2, 0.25) is 5.89 Å². The SMILES string of the molecule is c1ccc(-c2nc3c(ccc4oc5cc(N(c6cccc7c6sc6ccccc67)c6cccc7c8ccccc8n(-c8ccccc8)c67)ccc5c43)o2)cc1. The van der Waals surface area contributed by atoms with Crippen LogP contribution in [0.3, 0.4) is 0 Å². The molecule has 55 heavy (non-hydrogen) atoms. The quantitative estimate of drug-likeness (QED) is 0.177. The highest BCUT2D eigenvalue weighted by Crippen LogP contribution is 2.49. The molecule has 0 aliphatic heterocycles. The molecule has 0 amide bonds. The topological polar surface area (TPSA) is 47.3 Å². The fourth-order valence-corrected chi connectivity index (χ4v) is 9.63. The largest absolute Gasteiger partial charge is 0.456 e. The van der Waals surface area contributed by atoms with E-state index in [2.05, 4.69) is 143 Å². The maximum absolute atomic E-state index is 6.69. The molecule has 0 saturated carbocycles. The normalized spacial score (nSPS) is 12.0. The minimum absolute atomic E-state index is 0.596. The van der Waals surface area contributed by atoms with Gasteiger partial charge in [-0.2, -0.15) is 0 Å². The molecule has 0 atom stereocenters. The van der Waals surface area contributed by atoms with Crippen LogP contribution in [-0.2, 0) is 0 Å². The van der Waals surface area contributed by atoms with E-state index in [1.54, 1.807) is 0 Å². The number of nitrogens with zero attached hydrogens (tertiary/aromatic N) is 3. The summed E-state index contributed by atoms with van der Waals surface area (Å²) in [6, 6.07) is 62.0. The second-order valence-electron chi connectivity index (χ2n) is 13.9. The van der Waals surface area contributed by atoms with Gasteiger partial charge in [0.15, 0.2) is 5.58 Å². The van der Waals surface area contributed by atoms with Crippen LogP contribution in [0.4, 0.5) is 17.1 Å². The van der Waals surface area contributed by atoms with Crippen molar-refractivity contribution >= 4 is 103 Å². The summed E-state index contributed by atoms with van der Waals surface area (Å²) in [6.07, 6.45) is 0. The number of fused-ring (bicyclic) bond motifs is 11. The van der Waals surface area contributed by atoms with E-state index in [0.29, 0.717) is 5.89 Å². The van der Waals surface area contributed by atoms with E-state index in [1.165, 1.54) is 30.9 Å². The predicted molar refractivity (Wildman–Crippen MR) is 229 cm³/mol. The number of para-hydroxylation sites is 3. The third-order valence-corrected chi connectivity index (χ3v) is 12.0. The van der Waals surface area contributed by atoms with Crippen molar-refractivity contribution in [2.75, 3.05) is 4.90 Å². The molecule has 0 N–H and O–H groups in total. The molecule has 0 fully saturated rings. The van der Waals surface area contributed by atoms with Gasteiger partial charge in [0.05, 0.1) is 38.2 Å². The van der Waals surface area contributed by atoms with Gasteiger partial charge in [0.1, 0.15) is 16.7 Å². The van der Waals surface area contributed by atoms with Crippen molar-refractivity contribution in [2.24, 2.45) is 0 Å². The van der Waals surface area contributed by atoms with Crippen LogP contribution in [-0.4, -0.2) is 9.55 Å². The molecule has 4 heterocycles. The minimum Gasteiger partial charge on any atom is -0.456 e. The Morgan fingerprint density at radius 3 is 2.09 bits per heavy atom. The molecule has 0 radical (unpaired) electrons. The zero-order chi connectivity index (χ0) is 36.0. The van der Waals surface area contributed by atoms with Crippen LogP contribution in [0.2, 0.25) is 0 Å². The van der Waals surface area contributed by atoms with E-state index < -0.39 is 0 Å². The van der Waals surface area contributed by atoms with Gasteiger partial charge in [-0.1, -0.05) is 97.1 Å². The van der Waals surface area contributed by atoms with Crippen LogP contribution in [0.5, 0.6) is 0 Å². The third-order valence-electron chi connectivity index (χ3n) is 10.8. The smallest absolute Gasteiger partial charge is 0.227 e. The molecule has 0 aliphatic carbocycles. The van der Waals surface area contributed by atoms with Crippen molar-refractivity contribution < 1.29 is 8.83 Å². The van der Waals surface area contributed by atoms with Crippen LogP contribution >= 0.6 is 11.3 Å². The van der Waals surface area contributed by atoms with Gasteiger partial charge in [0.25, 0.3) is 0 Å². The number of aromatic nitrogens is 2. The van der Waals surface area contributed by atoms with Gasteiger partial charge in [0, 0.05) is 48.9 Å². The van der Waals surface area contributed by atoms with Crippen molar-refractivity contribution in [1.29, 1.82) is 0 Å². The summed E-state index contributed by atoms with van der Waals surface area (Å²) in [7, 11) is 0. The first-order valence-corrected chi connectivity index (χ1v) is 19.2. The first kappa shape index (κ1) is 30.3. The minimum atomic E-state index is 0.596. The summed E-state index contributed by atoms with van der Waals surface area (Å²) in [6.45, 7) is 0. The van der Waals surface area contributed by atoms with Gasteiger partial charge in [-0.05, 0) is 72.8 Å². The number of rotatable bonds is 5. The Bertz CT molecular complexity index is 3450. The molecule has 6 heteroatoms. The summed E-state index contributed by atoms with van der Waals surface area (Å²) in [5.41, 5.74) is 10.6. The fraction of sp³-hybridized carbons (Fsp3) is 0. The van der Waals surface area contributed by atoms with Crippen LogP contribution in [0.25, 0.3) is 92.2 Å². The van der Waals surface area contributed by atoms with Crippen LogP contribution in [0, 0.1) is 0 Å². The highest BCUT2D eigenvalue weighted by Gasteiger charge is 2.25. The number of oxazole rings is 1. The number of benzene rings is 8. The standard InChI is InChI=1S/C49H29N3O2S/c1-3-13-30(14-4-1)49-50-46-42(54-49)28-27-41-45(46)37-26-25-32(29-43(37)53-41)51(40-23-12-20-36-34-18-8-10-24-44(34)55-48(36)40)39-22-11-19-35-33-17-7-9-21-38(33)52(47(35)39)31-15-5-2-6-16-31/h1-29H. The summed E-state index contributed by atoms with van der Waals surface area (Å²) < 4.78 is 17.9. The maximum Gasteiger partial charge on any atom is 0.227 e. The van der Waals surface area contributed by atoms with Crippen molar-refractivity contribution in [1.82, 2.24) is 9.55 Å². The van der Waals surface area contributed by atoms with E-state index >= 15 is 0 Å². The first-order chi connectivity index (χ1) is 27.3. The highest BCUT2D eigenvalue weighted by molar-refractivity contribution is 7.26. The molecule has 12 aromatic rings. The van der Waals surface area contributed by atoms with E-state index in [0.717, 1.165) is 72.4 Å². The molecule has 258 valence electrons. The number of anilines is 3. The average molecular weight is 724 g/mol. The lowest BCUT2D eigenvalue weighted by molar-refractivity contribution is 0.619. The van der Waals surface area contributed by atoms with Gasteiger partial charge in [-0.3, -0.25) is 0 Å². The van der Waals surface area contributed by atoms with Crippen molar-refractivity contribution in [2.45, 2.75) is 0 Å². The molecule has 0 aliphatic rings. The maximum atomic E-state index is 6.69. The van der Waals surface area contributed by atoms with Crippen LogP contribution in [0.15, 0.2) is 185 Å². The highest BCUT2D eigenvalue weighted by atomic mass is 32.1. The number of hydrogen-bond acceptors (Lipinski definition) is 5. The molecule has 0 unspecified atom stereocenters. The van der Waals surface area contributed by atoms with Gasteiger partial charge < -0.3 is 18.3 Å². The van der Waals surface area contributed by atoms with E-state index in [4.69, 9.17) is 13.8 Å². The number of thiophene rings is 1. The van der Waals surface area contributed by atoms with E-state index in [-0.39, 0.29) is 0 Å². The van der Waals surface area contributed by atoms with E-state index in [1.807, 2.05) is 53.8 Å². The van der Waals surface area contributed by atoms with Crippen molar-refractivity contribution in [3.05, 3.63) is 176 Å². The molecule has 12 rings (SSSR count). The Morgan fingerprint density at radius 1 is 0.509 bits per heavy atom. The Kier molecular flexibility index (Phi) is 6.44. The summed E-state index contributed by atoms with van der Waals surface area (Å²) in [5.74, 6) is 0.596. The second-order valence-corrected chi connectivity index (χ2v) is 15.0. The van der Waals surface area contributed by atoms with Gasteiger partial charge in [-0.15, -0.1) is 11.3 Å².